The van der Waals surface area contributed by atoms with Crippen LogP contribution in [0.3, 0.4) is 0 Å². The van der Waals surface area contributed by atoms with Crippen LogP contribution in [-0.4, -0.2) is 28.8 Å². The van der Waals surface area contributed by atoms with Crippen molar-refractivity contribution in [3.63, 3.8) is 0 Å². The minimum atomic E-state index is -0.115. The third-order valence-corrected chi connectivity index (χ3v) is 6.88. The smallest absolute Gasteiger partial charge is 0.266 e. The fourth-order valence-corrected chi connectivity index (χ4v) is 4.68. The van der Waals surface area contributed by atoms with E-state index in [0.29, 0.717) is 43.8 Å². The summed E-state index contributed by atoms with van der Waals surface area (Å²) in [6.07, 6.45) is 2.42. The third-order valence-electron chi connectivity index (χ3n) is 4.76. The Kier molecular flexibility index (Phi) is 6.72. The molecular formula is C23H17Cl2NO3S2. The van der Waals surface area contributed by atoms with Gasteiger partial charge in [0.2, 0.25) is 0 Å². The Morgan fingerprint density at radius 3 is 2.58 bits per heavy atom. The summed E-state index contributed by atoms with van der Waals surface area (Å²) in [4.78, 5) is 15.0. The van der Waals surface area contributed by atoms with Gasteiger partial charge in [0.15, 0.2) is 0 Å². The topological polar surface area (TPSA) is 42.7 Å². The van der Waals surface area contributed by atoms with Gasteiger partial charge in [0.25, 0.3) is 5.91 Å². The number of carbonyl (C=O) groups excluding carboxylic acids is 1. The van der Waals surface area contributed by atoms with Crippen molar-refractivity contribution in [2.75, 3.05) is 13.7 Å². The molecule has 8 heteroatoms. The highest BCUT2D eigenvalue weighted by atomic mass is 35.5. The number of amides is 1. The van der Waals surface area contributed by atoms with Crippen LogP contribution in [0.5, 0.6) is 5.75 Å². The summed E-state index contributed by atoms with van der Waals surface area (Å²) in [7, 11) is 1.63. The van der Waals surface area contributed by atoms with Crippen molar-refractivity contribution < 1.29 is 13.9 Å². The van der Waals surface area contributed by atoms with E-state index >= 15 is 0 Å². The van der Waals surface area contributed by atoms with E-state index in [4.69, 9.17) is 44.6 Å². The predicted octanol–water partition coefficient (Wildman–Crippen LogP) is 6.71. The minimum absolute atomic E-state index is 0.115. The van der Waals surface area contributed by atoms with Crippen molar-refractivity contribution in [3.8, 4) is 17.1 Å². The van der Waals surface area contributed by atoms with Gasteiger partial charge in [-0.15, -0.1) is 0 Å². The van der Waals surface area contributed by atoms with Crippen molar-refractivity contribution >= 4 is 63.5 Å². The highest BCUT2D eigenvalue weighted by Crippen LogP contribution is 2.34. The first kappa shape index (κ1) is 22.0. The van der Waals surface area contributed by atoms with Gasteiger partial charge in [-0.25, -0.2) is 0 Å². The zero-order valence-electron chi connectivity index (χ0n) is 16.4. The van der Waals surface area contributed by atoms with Gasteiger partial charge in [-0.1, -0.05) is 59.3 Å². The number of benzene rings is 2. The van der Waals surface area contributed by atoms with Gasteiger partial charge >= 0.3 is 0 Å². The second-order valence-electron chi connectivity index (χ2n) is 6.76. The average molecular weight is 490 g/mol. The molecule has 158 valence electrons. The van der Waals surface area contributed by atoms with Crippen LogP contribution < -0.4 is 4.74 Å². The molecule has 1 aliphatic heterocycles. The van der Waals surface area contributed by atoms with Crippen molar-refractivity contribution in [2.24, 2.45) is 0 Å². The fourth-order valence-electron chi connectivity index (χ4n) is 3.09. The molecule has 0 atom stereocenters. The molecule has 2 aromatic carbocycles. The molecule has 0 radical (unpaired) electrons. The van der Waals surface area contributed by atoms with Gasteiger partial charge in [0, 0.05) is 18.2 Å². The number of halogens is 2. The number of rotatable bonds is 6. The number of ether oxygens (including phenoxy) is 1. The molecule has 1 saturated heterocycles. The van der Waals surface area contributed by atoms with E-state index in [1.807, 2.05) is 42.5 Å². The van der Waals surface area contributed by atoms with E-state index < -0.39 is 0 Å². The number of nitrogens with zero attached hydrogens (tertiary/aromatic N) is 1. The van der Waals surface area contributed by atoms with Crippen LogP contribution in [0.25, 0.3) is 17.4 Å². The lowest BCUT2D eigenvalue weighted by Crippen LogP contribution is -2.30. The van der Waals surface area contributed by atoms with Crippen LogP contribution in [0.2, 0.25) is 10.0 Å². The van der Waals surface area contributed by atoms with Gasteiger partial charge in [0.1, 0.15) is 21.6 Å². The highest BCUT2D eigenvalue weighted by Gasteiger charge is 2.32. The van der Waals surface area contributed by atoms with E-state index in [2.05, 4.69) is 0 Å². The summed E-state index contributed by atoms with van der Waals surface area (Å²) in [5.74, 6) is 1.89. The molecule has 0 bridgehead atoms. The quantitative estimate of drug-likeness (QED) is 0.284. The van der Waals surface area contributed by atoms with E-state index in [-0.39, 0.29) is 5.91 Å². The van der Waals surface area contributed by atoms with E-state index in [1.54, 1.807) is 30.2 Å². The number of methoxy groups -OCH3 is 1. The number of carbonyl (C=O) groups is 1. The second kappa shape index (κ2) is 9.49. The Morgan fingerprint density at radius 2 is 1.87 bits per heavy atom. The first-order valence-electron chi connectivity index (χ1n) is 9.38. The third kappa shape index (κ3) is 4.99. The van der Waals surface area contributed by atoms with Crippen LogP contribution in [-0.2, 0) is 11.2 Å². The minimum Gasteiger partial charge on any atom is -0.497 e. The Labute approximate surface area is 199 Å². The first-order chi connectivity index (χ1) is 14.9. The van der Waals surface area contributed by atoms with E-state index in [0.717, 1.165) is 16.9 Å². The molecule has 0 spiro atoms. The maximum atomic E-state index is 12.9. The van der Waals surface area contributed by atoms with Crippen LogP contribution in [0.1, 0.15) is 11.3 Å². The number of thioether (sulfide) groups is 1. The molecule has 0 saturated carbocycles. The molecule has 31 heavy (non-hydrogen) atoms. The number of thiocarbonyl (C=S) groups is 1. The van der Waals surface area contributed by atoms with Crippen LogP contribution >= 0.6 is 47.2 Å². The van der Waals surface area contributed by atoms with E-state index in [9.17, 15) is 4.79 Å². The fraction of sp³-hybridized carbons (Fsp3) is 0.130. The number of hydrogen-bond acceptors (Lipinski definition) is 5. The molecule has 3 aromatic rings. The van der Waals surface area contributed by atoms with Gasteiger partial charge in [-0.05, 0) is 54.4 Å². The van der Waals surface area contributed by atoms with Crippen LogP contribution in [0, 0.1) is 0 Å². The zero-order chi connectivity index (χ0) is 22.0. The zero-order valence-corrected chi connectivity index (χ0v) is 19.6. The summed E-state index contributed by atoms with van der Waals surface area (Å²) in [6.45, 7) is 0.515. The molecule has 1 amide bonds. The molecule has 1 aromatic heterocycles. The standard InChI is InChI=1S/C23H17Cl2NO3S2/c1-28-16-5-2-14(3-6-16)10-11-26-22(27)21(31-23(26)30)13-17-7-9-20(29-17)15-4-8-18(24)19(25)12-15/h2-9,12-13H,10-11H2,1H3/b21-13+. The largest absolute Gasteiger partial charge is 0.497 e. The SMILES string of the molecule is COc1ccc(CCN2C(=O)/C(=C\c3ccc(-c4ccc(Cl)c(Cl)c4)o3)SC2=S)cc1. The van der Waals surface area contributed by atoms with Crippen molar-refractivity contribution in [2.45, 2.75) is 6.42 Å². The monoisotopic (exact) mass is 489 g/mol. The van der Waals surface area contributed by atoms with Crippen molar-refractivity contribution in [1.29, 1.82) is 0 Å². The molecule has 1 aliphatic rings. The Morgan fingerprint density at radius 1 is 1.10 bits per heavy atom. The maximum absolute atomic E-state index is 12.9. The molecule has 4 nitrogen and oxygen atoms in total. The normalized spacial score (nSPS) is 15.2. The summed E-state index contributed by atoms with van der Waals surface area (Å²) < 4.78 is 11.6. The van der Waals surface area contributed by atoms with Crippen molar-refractivity contribution in [3.05, 3.63) is 80.9 Å². The van der Waals surface area contributed by atoms with Crippen LogP contribution in [0.4, 0.5) is 0 Å². The average Bonchev–Trinajstić information content (AvgIpc) is 3.34. The summed E-state index contributed by atoms with van der Waals surface area (Å²) in [6, 6.07) is 16.7. The van der Waals surface area contributed by atoms with Crippen molar-refractivity contribution in [1.82, 2.24) is 4.90 Å². The lowest BCUT2D eigenvalue weighted by atomic mass is 10.1. The number of hydrogen-bond donors (Lipinski definition) is 0. The lowest BCUT2D eigenvalue weighted by molar-refractivity contribution is -0.122. The van der Waals surface area contributed by atoms with Gasteiger partial charge in [0.05, 0.1) is 22.1 Å². The van der Waals surface area contributed by atoms with Gasteiger partial charge in [-0.2, -0.15) is 0 Å². The number of furan rings is 1. The second-order valence-corrected chi connectivity index (χ2v) is 9.25. The molecule has 0 unspecified atom stereocenters. The summed E-state index contributed by atoms with van der Waals surface area (Å²) in [5.41, 5.74) is 1.91. The predicted molar refractivity (Wildman–Crippen MR) is 131 cm³/mol. The van der Waals surface area contributed by atoms with E-state index in [1.165, 1.54) is 11.8 Å². The molecule has 1 fully saturated rings. The molecule has 0 N–H and O–H groups in total. The lowest BCUT2D eigenvalue weighted by Gasteiger charge is -2.14. The molecular weight excluding hydrogens is 473 g/mol. The Hall–Kier alpha value is -2.25. The summed E-state index contributed by atoms with van der Waals surface area (Å²) in [5, 5.41) is 0.936. The van der Waals surface area contributed by atoms with Gasteiger partial charge in [-0.3, -0.25) is 9.69 Å². The maximum Gasteiger partial charge on any atom is 0.266 e. The van der Waals surface area contributed by atoms with Gasteiger partial charge < -0.3 is 9.15 Å². The highest BCUT2D eigenvalue weighted by molar-refractivity contribution is 8.26. The molecule has 0 aliphatic carbocycles. The van der Waals surface area contributed by atoms with Crippen LogP contribution in [0.15, 0.2) is 63.9 Å². The molecule has 4 rings (SSSR count). The Balaban J connectivity index is 1.45. The Bertz CT molecular complexity index is 1170. The first-order valence-corrected chi connectivity index (χ1v) is 11.4. The molecule has 2 heterocycles. The summed E-state index contributed by atoms with van der Waals surface area (Å²) >= 11 is 18.8.